The number of benzene rings is 1. The third kappa shape index (κ3) is 0.948. The van der Waals surface area contributed by atoms with Crippen LogP contribution >= 0.6 is 0 Å². The number of aryl methyl sites for hydroxylation is 1. The lowest BCUT2D eigenvalue weighted by molar-refractivity contribution is 0.969. The summed E-state index contributed by atoms with van der Waals surface area (Å²) in [6.45, 7) is 0. The van der Waals surface area contributed by atoms with Crippen LogP contribution in [0.15, 0.2) is 30.5 Å². The lowest BCUT2D eigenvalue weighted by Crippen LogP contribution is -1.99. The highest BCUT2D eigenvalue weighted by Crippen LogP contribution is 2.11. The van der Waals surface area contributed by atoms with Crippen LogP contribution in [0.25, 0.3) is 10.9 Å². The van der Waals surface area contributed by atoms with Gasteiger partial charge in [-0.1, -0.05) is 17.6 Å². The molecule has 0 fully saturated rings. The number of hydrogen-bond donors (Lipinski definition) is 0. The first-order valence-corrected chi connectivity index (χ1v) is 3.58. The van der Waals surface area contributed by atoms with Crippen molar-refractivity contribution >= 4 is 24.2 Å². The van der Waals surface area contributed by atoms with Gasteiger partial charge in [-0.15, -0.1) is 0 Å². The van der Waals surface area contributed by atoms with Crippen LogP contribution in [0.2, 0.25) is 0 Å². The van der Waals surface area contributed by atoms with E-state index in [0.29, 0.717) is 0 Å². The molecule has 0 atom stereocenters. The van der Waals surface area contributed by atoms with Crippen molar-refractivity contribution in [1.82, 2.24) is 4.57 Å². The van der Waals surface area contributed by atoms with E-state index >= 15 is 0 Å². The van der Waals surface area contributed by atoms with Crippen LogP contribution in [0.5, 0.6) is 0 Å². The second-order valence-corrected chi connectivity index (χ2v) is 2.74. The maximum atomic E-state index is 5.62. The zero-order valence-corrected chi connectivity index (χ0v) is 6.41. The molecule has 0 amide bonds. The summed E-state index contributed by atoms with van der Waals surface area (Å²) in [5, 5.41) is 1.20. The minimum absolute atomic E-state index is 0.823. The van der Waals surface area contributed by atoms with Crippen LogP contribution in [-0.2, 0) is 7.05 Å². The Morgan fingerprint density at radius 3 is 2.91 bits per heavy atom. The molecule has 2 rings (SSSR count). The lowest BCUT2D eigenvalue weighted by atomic mass is 9.95. The molecule has 0 aliphatic heterocycles. The van der Waals surface area contributed by atoms with Crippen molar-refractivity contribution < 1.29 is 0 Å². The van der Waals surface area contributed by atoms with Crippen LogP contribution in [0, 0.1) is 0 Å². The van der Waals surface area contributed by atoms with Gasteiger partial charge in [-0.3, -0.25) is 0 Å². The van der Waals surface area contributed by atoms with E-state index < -0.39 is 0 Å². The van der Waals surface area contributed by atoms with E-state index in [1.165, 1.54) is 10.9 Å². The van der Waals surface area contributed by atoms with E-state index in [2.05, 4.69) is 10.6 Å². The summed E-state index contributed by atoms with van der Waals surface area (Å²) in [6.07, 6.45) is 2.03. The van der Waals surface area contributed by atoms with Gasteiger partial charge in [0.2, 0.25) is 0 Å². The second kappa shape index (κ2) is 2.16. The maximum Gasteiger partial charge on any atom is 0.113 e. The molecule has 2 radical (unpaired) electrons. The highest BCUT2D eigenvalue weighted by molar-refractivity contribution is 6.33. The Hall–Kier alpha value is -1.18. The molecule has 1 heterocycles. The minimum atomic E-state index is 0.823. The van der Waals surface area contributed by atoms with Gasteiger partial charge in [0.05, 0.1) is 0 Å². The molecule has 2 heteroatoms. The first-order chi connectivity index (χ1) is 5.27. The fourth-order valence-corrected chi connectivity index (χ4v) is 1.30. The van der Waals surface area contributed by atoms with Crippen molar-refractivity contribution in [1.29, 1.82) is 0 Å². The number of hydrogen-bond acceptors (Lipinski definition) is 0. The van der Waals surface area contributed by atoms with Crippen LogP contribution in [0.1, 0.15) is 0 Å². The number of fused-ring (bicyclic) bond motifs is 1. The Bertz CT molecular complexity index is 389. The molecule has 0 bridgehead atoms. The van der Waals surface area contributed by atoms with Crippen LogP contribution in [0.3, 0.4) is 0 Å². The van der Waals surface area contributed by atoms with E-state index in [4.69, 9.17) is 7.85 Å². The maximum absolute atomic E-state index is 5.62. The van der Waals surface area contributed by atoms with E-state index in [9.17, 15) is 0 Å². The highest BCUT2D eigenvalue weighted by atomic mass is 14.9. The lowest BCUT2D eigenvalue weighted by Gasteiger charge is -1.96. The van der Waals surface area contributed by atoms with E-state index in [1.54, 1.807) is 0 Å². The van der Waals surface area contributed by atoms with Gasteiger partial charge in [0.15, 0.2) is 0 Å². The molecule has 0 unspecified atom stereocenters. The van der Waals surface area contributed by atoms with Gasteiger partial charge in [0.25, 0.3) is 0 Å². The molecule has 0 saturated heterocycles. The Balaban J connectivity index is 2.86. The van der Waals surface area contributed by atoms with Crippen LogP contribution in [0.4, 0.5) is 0 Å². The third-order valence-electron chi connectivity index (χ3n) is 1.91. The standard InChI is InChI=1S/C9H8BN/c1-11-5-4-7-6-8(10)2-3-9(7)11/h2-6H,1H3. The van der Waals surface area contributed by atoms with Gasteiger partial charge in [-0.25, -0.2) is 0 Å². The van der Waals surface area contributed by atoms with Crippen molar-refractivity contribution in [3.8, 4) is 0 Å². The Morgan fingerprint density at radius 2 is 2.09 bits per heavy atom. The largest absolute Gasteiger partial charge is 0.351 e. The Labute approximate surface area is 67.0 Å². The molecule has 0 spiro atoms. The monoisotopic (exact) mass is 141 g/mol. The normalized spacial score (nSPS) is 10.6. The van der Waals surface area contributed by atoms with Gasteiger partial charge in [0.1, 0.15) is 7.85 Å². The highest BCUT2D eigenvalue weighted by Gasteiger charge is 1.95. The minimum Gasteiger partial charge on any atom is -0.351 e. The fraction of sp³-hybridized carbons (Fsp3) is 0.111. The summed E-state index contributed by atoms with van der Waals surface area (Å²) in [5.41, 5.74) is 2.04. The van der Waals surface area contributed by atoms with Crippen molar-refractivity contribution in [2.75, 3.05) is 0 Å². The average molecular weight is 141 g/mol. The predicted octanol–water partition coefficient (Wildman–Crippen LogP) is 0.972. The van der Waals surface area contributed by atoms with Gasteiger partial charge in [0, 0.05) is 18.8 Å². The van der Waals surface area contributed by atoms with Crippen molar-refractivity contribution in [2.45, 2.75) is 0 Å². The topological polar surface area (TPSA) is 4.93 Å². The first-order valence-electron chi connectivity index (χ1n) is 3.58. The molecular weight excluding hydrogens is 133 g/mol. The smallest absolute Gasteiger partial charge is 0.113 e. The molecule has 1 nitrogen and oxygen atoms in total. The Kier molecular flexibility index (Phi) is 1.28. The fourth-order valence-electron chi connectivity index (χ4n) is 1.30. The molecule has 0 aliphatic carbocycles. The summed E-state index contributed by atoms with van der Waals surface area (Å²) >= 11 is 0. The summed E-state index contributed by atoms with van der Waals surface area (Å²) in [4.78, 5) is 0. The van der Waals surface area contributed by atoms with E-state index in [-0.39, 0.29) is 0 Å². The SMILES string of the molecule is [B]c1ccc2c(ccn2C)c1. The quantitative estimate of drug-likeness (QED) is 0.481. The van der Waals surface area contributed by atoms with Crippen LogP contribution < -0.4 is 5.46 Å². The molecule has 52 valence electrons. The molecule has 0 N–H and O–H groups in total. The van der Waals surface area contributed by atoms with Gasteiger partial charge in [-0.05, 0) is 17.5 Å². The van der Waals surface area contributed by atoms with E-state index in [1.807, 2.05) is 31.4 Å². The van der Waals surface area contributed by atoms with Crippen molar-refractivity contribution in [2.24, 2.45) is 7.05 Å². The molecule has 11 heavy (non-hydrogen) atoms. The Morgan fingerprint density at radius 1 is 1.27 bits per heavy atom. The van der Waals surface area contributed by atoms with Crippen LogP contribution in [-0.4, -0.2) is 12.4 Å². The number of nitrogens with zero attached hydrogens (tertiary/aromatic N) is 1. The molecule has 1 aromatic heterocycles. The summed E-state index contributed by atoms with van der Waals surface area (Å²) < 4.78 is 2.08. The number of rotatable bonds is 0. The van der Waals surface area contributed by atoms with Gasteiger partial charge in [-0.2, -0.15) is 0 Å². The summed E-state index contributed by atoms with van der Waals surface area (Å²) in [7, 11) is 7.65. The average Bonchev–Trinajstić information content (AvgIpc) is 2.32. The second-order valence-electron chi connectivity index (χ2n) is 2.74. The molecule has 0 aliphatic rings. The molecule has 1 aromatic carbocycles. The predicted molar refractivity (Wildman–Crippen MR) is 48.3 cm³/mol. The summed E-state index contributed by atoms with van der Waals surface area (Å²) in [6, 6.07) is 7.99. The number of aromatic nitrogens is 1. The van der Waals surface area contributed by atoms with Crippen molar-refractivity contribution in [3.63, 3.8) is 0 Å². The molecule has 0 saturated carbocycles. The third-order valence-corrected chi connectivity index (χ3v) is 1.91. The van der Waals surface area contributed by atoms with Gasteiger partial charge < -0.3 is 4.57 Å². The van der Waals surface area contributed by atoms with E-state index in [0.717, 1.165) is 5.46 Å². The molecular formula is C9H8BN. The summed E-state index contributed by atoms with van der Waals surface area (Å²) in [5.74, 6) is 0. The zero-order valence-electron chi connectivity index (χ0n) is 6.41. The van der Waals surface area contributed by atoms with Crippen molar-refractivity contribution in [3.05, 3.63) is 30.5 Å². The van der Waals surface area contributed by atoms with Gasteiger partial charge >= 0.3 is 0 Å². The molecule has 2 aromatic rings. The first kappa shape index (κ1) is 6.53. The zero-order chi connectivity index (χ0) is 7.84.